The van der Waals surface area contributed by atoms with E-state index in [2.05, 4.69) is 5.32 Å². The predicted octanol–water partition coefficient (Wildman–Crippen LogP) is 1.82. The average Bonchev–Trinajstić information content (AvgIpc) is 2.91. The largest absolute Gasteiger partial charge is 0.461 e. The highest BCUT2D eigenvalue weighted by Gasteiger charge is 2.56. The minimum absolute atomic E-state index is 0.0164. The lowest BCUT2D eigenvalue weighted by atomic mass is 9.94. The number of benzene rings is 1. The Kier molecular flexibility index (Phi) is 9.87. The molecule has 11 heteroatoms. The Morgan fingerprint density at radius 3 is 2.43 bits per heavy atom. The number of carbonyl (C=O) groups excluding carboxylic acids is 5. The van der Waals surface area contributed by atoms with E-state index in [9.17, 15) is 29.1 Å². The maximum atomic E-state index is 13.1. The Hall–Kier alpha value is -3.18. The Bertz CT molecular complexity index is 1060. The number of hydrogen-bond donors (Lipinski definition) is 2. The molecule has 0 bridgehead atoms. The number of β-lactam (4-membered cyclic amide) rings is 1. The van der Waals surface area contributed by atoms with Crippen molar-refractivity contribution in [2.24, 2.45) is 5.92 Å². The molecule has 2 aliphatic heterocycles. The number of amides is 2. The molecule has 4 unspecified atom stereocenters. The Balaban J connectivity index is 1.71. The van der Waals surface area contributed by atoms with E-state index in [1.807, 2.05) is 13.8 Å². The molecule has 0 aliphatic carbocycles. The summed E-state index contributed by atoms with van der Waals surface area (Å²) in [6.45, 7) is 4.22. The van der Waals surface area contributed by atoms with Crippen LogP contribution in [0.15, 0.2) is 41.3 Å². The number of ether oxygens (including phenoxy) is 2. The number of aliphatic hydroxyl groups excluding tert-OH is 1. The maximum Gasteiger partial charge on any atom is 0.333 e. The summed E-state index contributed by atoms with van der Waals surface area (Å²) in [5.74, 6) is -2.88. The Morgan fingerprint density at radius 1 is 1.11 bits per heavy atom. The molecule has 1 fully saturated rings. The number of hydrogen-bond acceptors (Lipinski definition) is 9. The van der Waals surface area contributed by atoms with E-state index >= 15 is 0 Å². The fourth-order valence-electron chi connectivity index (χ4n) is 4.28. The molecule has 0 aromatic heterocycles. The van der Waals surface area contributed by atoms with E-state index < -0.39 is 53.8 Å². The molecule has 3 rings (SSSR count). The number of ketones is 1. The minimum Gasteiger partial charge on any atom is -0.461 e. The van der Waals surface area contributed by atoms with Gasteiger partial charge in [0, 0.05) is 18.1 Å². The van der Waals surface area contributed by atoms with Gasteiger partial charge in [0.25, 0.3) is 0 Å². The molecule has 37 heavy (non-hydrogen) atoms. The Morgan fingerprint density at radius 2 is 1.81 bits per heavy atom. The van der Waals surface area contributed by atoms with Crippen molar-refractivity contribution in [1.29, 1.82) is 0 Å². The van der Waals surface area contributed by atoms with Crippen molar-refractivity contribution in [3.63, 3.8) is 0 Å². The van der Waals surface area contributed by atoms with Gasteiger partial charge in [0.05, 0.1) is 12.5 Å². The van der Waals surface area contributed by atoms with E-state index in [0.29, 0.717) is 24.0 Å². The van der Waals surface area contributed by atoms with E-state index in [-0.39, 0.29) is 24.9 Å². The SMILES string of the molecule is CCC(O)C(CC)CC(=O)OCC1=CS[C@H]2C(NC(C)=O)C(=O)N2C1C(=O)OCC(=O)c1ccccc1. The number of aliphatic hydroxyl groups is 1. The smallest absolute Gasteiger partial charge is 0.333 e. The number of Topliss-reactive ketones (excluding diaryl/α,β-unsaturated/α-hetero) is 1. The van der Waals surface area contributed by atoms with Crippen molar-refractivity contribution in [3.05, 3.63) is 46.9 Å². The third kappa shape index (κ3) is 6.78. The summed E-state index contributed by atoms with van der Waals surface area (Å²) < 4.78 is 10.7. The van der Waals surface area contributed by atoms with Gasteiger partial charge < -0.3 is 24.8 Å². The zero-order valence-corrected chi connectivity index (χ0v) is 21.9. The van der Waals surface area contributed by atoms with Crippen molar-refractivity contribution in [3.8, 4) is 0 Å². The first-order chi connectivity index (χ1) is 17.7. The third-order valence-electron chi connectivity index (χ3n) is 6.41. The lowest BCUT2D eigenvalue weighted by Gasteiger charge is -2.51. The summed E-state index contributed by atoms with van der Waals surface area (Å²) in [5.41, 5.74) is 0.702. The highest BCUT2D eigenvalue weighted by molar-refractivity contribution is 8.02. The van der Waals surface area contributed by atoms with Gasteiger partial charge in [-0.3, -0.25) is 19.2 Å². The highest BCUT2D eigenvalue weighted by atomic mass is 32.2. The van der Waals surface area contributed by atoms with Crippen molar-refractivity contribution in [2.45, 2.75) is 63.6 Å². The van der Waals surface area contributed by atoms with Crippen molar-refractivity contribution < 1.29 is 38.6 Å². The van der Waals surface area contributed by atoms with Crippen LogP contribution >= 0.6 is 11.8 Å². The lowest BCUT2D eigenvalue weighted by molar-refractivity contribution is -0.163. The number of nitrogens with zero attached hydrogens (tertiary/aromatic N) is 1. The first kappa shape index (κ1) is 28.4. The van der Waals surface area contributed by atoms with E-state index in [1.165, 1.54) is 23.6 Å². The summed E-state index contributed by atoms with van der Waals surface area (Å²) in [5, 5.41) is 13.7. The lowest BCUT2D eigenvalue weighted by Crippen LogP contribution is -2.74. The predicted molar refractivity (Wildman–Crippen MR) is 135 cm³/mol. The molecule has 1 saturated heterocycles. The first-order valence-corrected chi connectivity index (χ1v) is 13.1. The van der Waals surface area contributed by atoms with Gasteiger partial charge in [-0.2, -0.15) is 0 Å². The topological polar surface area (TPSA) is 139 Å². The van der Waals surface area contributed by atoms with Crippen LogP contribution in [-0.4, -0.2) is 76.3 Å². The molecule has 2 heterocycles. The zero-order chi connectivity index (χ0) is 27.1. The molecule has 2 N–H and O–H groups in total. The van der Waals surface area contributed by atoms with Gasteiger partial charge in [0.1, 0.15) is 18.0 Å². The fourth-order valence-corrected chi connectivity index (χ4v) is 5.49. The molecule has 2 aliphatic rings. The quantitative estimate of drug-likeness (QED) is 0.234. The number of carbonyl (C=O) groups is 5. The normalized spacial score (nSPS) is 22.1. The standard InChI is InChI=1S/C26H32N2O8S/c1-4-16(19(30)5-2)11-21(32)35-12-18-14-37-25-22(27-15(3)29)24(33)28(25)23(18)26(34)36-13-20(31)17-9-7-6-8-10-17/h6-10,14,16,19,22-23,25,30H,4-5,11-13H2,1-3H3,(H,27,29)/t16?,19?,22?,23?,25-/m0/s1. The molecular formula is C26H32N2O8S. The molecular weight excluding hydrogens is 500 g/mol. The Labute approximate surface area is 219 Å². The van der Waals surface area contributed by atoms with Crippen LogP contribution in [0, 0.1) is 5.92 Å². The molecule has 2 amide bonds. The summed E-state index contributed by atoms with van der Waals surface area (Å²) in [7, 11) is 0. The summed E-state index contributed by atoms with van der Waals surface area (Å²) in [6.07, 6.45) is 0.498. The molecule has 1 aromatic rings. The molecule has 0 radical (unpaired) electrons. The fraction of sp³-hybridized carbons (Fsp3) is 0.500. The summed E-state index contributed by atoms with van der Waals surface area (Å²) >= 11 is 1.22. The van der Waals surface area contributed by atoms with E-state index in [0.717, 1.165) is 0 Å². The van der Waals surface area contributed by atoms with E-state index in [4.69, 9.17) is 9.47 Å². The van der Waals surface area contributed by atoms with Gasteiger partial charge in [-0.25, -0.2) is 4.79 Å². The average molecular weight is 533 g/mol. The van der Waals surface area contributed by atoms with Crippen molar-refractivity contribution >= 4 is 41.3 Å². The number of esters is 2. The second-order valence-corrected chi connectivity index (χ2v) is 9.94. The second kappa shape index (κ2) is 12.9. The zero-order valence-electron chi connectivity index (χ0n) is 21.0. The summed E-state index contributed by atoms with van der Waals surface area (Å²) in [6, 6.07) is 6.34. The molecule has 5 atom stereocenters. The number of rotatable bonds is 12. The van der Waals surface area contributed by atoms with Gasteiger partial charge in [0.15, 0.2) is 18.4 Å². The molecule has 0 saturated carbocycles. The van der Waals surface area contributed by atoms with Crippen LogP contribution in [0.3, 0.4) is 0 Å². The van der Waals surface area contributed by atoms with Gasteiger partial charge >= 0.3 is 11.9 Å². The van der Waals surface area contributed by atoms with Crippen LogP contribution in [0.5, 0.6) is 0 Å². The van der Waals surface area contributed by atoms with Crippen molar-refractivity contribution in [2.75, 3.05) is 13.2 Å². The van der Waals surface area contributed by atoms with Crippen LogP contribution in [0.4, 0.5) is 0 Å². The van der Waals surface area contributed by atoms with E-state index in [1.54, 1.807) is 35.7 Å². The first-order valence-electron chi connectivity index (χ1n) is 12.2. The van der Waals surface area contributed by atoms with Crippen LogP contribution in [0.25, 0.3) is 0 Å². The van der Waals surface area contributed by atoms with Gasteiger partial charge in [-0.1, -0.05) is 50.6 Å². The van der Waals surface area contributed by atoms with Gasteiger partial charge in [-0.15, -0.1) is 11.8 Å². The second-order valence-electron chi connectivity index (χ2n) is 8.95. The molecule has 1 aromatic carbocycles. The maximum absolute atomic E-state index is 13.1. The monoisotopic (exact) mass is 532 g/mol. The van der Waals surface area contributed by atoms with Crippen molar-refractivity contribution in [1.82, 2.24) is 10.2 Å². The van der Waals surface area contributed by atoms with Gasteiger partial charge in [0.2, 0.25) is 11.8 Å². The van der Waals surface area contributed by atoms with Gasteiger partial charge in [-0.05, 0) is 17.7 Å². The third-order valence-corrected chi connectivity index (χ3v) is 7.62. The number of thioether (sulfide) groups is 1. The number of nitrogens with one attached hydrogen (secondary N) is 1. The van der Waals surface area contributed by atoms with Crippen LogP contribution in [0.1, 0.15) is 50.4 Å². The van der Waals surface area contributed by atoms with Crippen LogP contribution in [-0.2, 0) is 28.7 Å². The summed E-state index contributed by atoms with van der Waals surface area (Å²) in [4.78, 5) is 63.6. The molecule has 0 spiro atoms. The minimum atomic E-state index is -1.21. The number of fused-ring (bicyclic) bond motifs is 1. The molecule has 10 nitrogen and oxygen atoms in total. The molecule has 200 valence electrons. The van der Waals surface area contributed by atoms with Crippen LogP contribution in [0.2, 0.25) is 0 Å². The highest BCUT2D eigenvalue weighted by Crippen LogP contribution is 2.40. The van der Waals surface area contributed by atoms with Crippen LogP contribution < -0.4 is 5.32 Å².